The lowest BCUT2D eigenvalue weighted by molar-refractivity contribution is -0.00566. The second-order valence-corrected chi connectivity index (χ2v) is 7.78. The Morgan fingerprint density at radius 2 is 1.60 bits per heavy atom. The van der Waals surface area contributed by atoms with Gasteiger partial charge >= 0.3 is 0 Å². The number of para-hydroxylation sites is 1. The topological polar surface area (TPSA) is 15.3 Å². The summed E-state index contributed by atoms with van der Waals surface area (Å²) in [6.45, 7) is 2.10. The van der Waals surface area contributed by atoms with Gasteiger partial charge in [-0.1, -0.05) is 18.2 Å². The third-order valence-corrected chi connectivity index (χ3v) is 6.45. The fraction of sp³-hybridized carbons (Fsp3) is 0.667. The van der Waals surface area contributed by atoms with E-state index in [2.05, 4.69) is 34.5 Å². The third-order valence-electron chi connectivity index (χ3n) is 6.45. The molecule has 2 heteroatoms. The van der Waals surface area contributed by atoms with Crippen molar-refractivity contribution in [2.75, 3.05) is 11.6 Å². The van der Waals surface area contributed by atoms with Crippen LogP contribution in [-0.4, -0.2) is 12.2 Å². The second kappa shape index (κ2) is 4.00. The molecule has 1 aliphatic heterocycles. The van der Waals surface area contributed by atoms with Gasteiger partial charge < -0.3 is 4.90 Å². The van der Waals surface area contributed by atoms with E-state index < -0.39 is 0 Å². The monoisotopic (exact) mass is 268 g/mol. The van der Waals surface area contributed by atoms with E-state index in [9.17, 15) is 0 Å². The summed E-state index contributed by atoms with van der Waals surface area (Å²) < 4.78 is 0. The van der Waals surface area contributed by atoms with E-state index in [1.165, 1.54) is 49.8 Å². The van der Waals surface area contributed by atoms with Crippen LogP contribution in [0.15, 0.2) is 24.3 Å². The van der Waals surface area contributed by atoms with Crippen LogP contribution in [0.25, 0.3) is 0 Å². The average Bonchev–Trinajstić information content (AvgIpc) is 2.45. The number of fused-ring (bicyclic) bond motifs is 1. The number of hydrogen-bond donors (Lipinski definition) is 1. The molecule has 0 spiro atoms. The first-order valence-corrected chi connectivity index (χ1v) is 8.39. The van der Waals surface area contributed by atoms with Gasteiger partial charge in [0.25, 0.3) is 0 Å². The minimum atomic E-state index is 0.484. The molecule has 0 aromatic heterocycles. The zero-order valence-electron chi connectivity index (χ0n) is 12.1. The van der Waals surface area contributed by atoms with Gasteiger partial charge in [0, 0.05) is 17.8 Å². The Kier molecular flexibility index (Phi) is 2.33. The summed E-state index contributed by atoms with van der Waals surface area (Å²) in [4.78, 5) is 2.76. The summed E-state index contributed by atoms with van der Waals surface area (Å²) in [6.07, 6.45) is 8.95. The summed E-state index contributed by atoms with van der Waals surface area (Å²) in [6, 6.07) is 9.06. The average molecular weight is 268 g/mol. The molecular formula is C18H24N2. The van der Waals surface area contributed by atoms with Crippen molar-refractivity contribution in [3.05, 3.63) is 29.8 Å². The Labute approximate surface area is 121 Å². The molecule has 6 rings (SSSR count). The molecule has 106 valence electrons. The van der Waals surface area contributed by atoms with Gasteiger partial charge in [-0.3, -0.25) is 5.32 Å². The molecule has 1 N–H and O–H groups in total. The smallest absolute Gasteiger partial charge is 0.0690 e. The normalized spacial score (nSPS) is 41.8. The third kappa shape index (κ3) is 1.54. The SMILES string of the molecule is c1ccc2c(c1)CNCN2C12CC3CC(CC(C3)C1)C2. The van der Waals surface area contributed by atoms with Gasteiger partial charge in [0.15, 0.2) is 0 Å². The molecule has 20 heavy (non-hydrogen) atoms. The summed E-state index contributed by atoms with van der Waals surface area (Å²) in [5.74, 6) is 3.07. The largest absolute Gasteiger partial charge is 0.353 e. The van der Waals surface area contributed by atoms with Crippen LogP contribution in [0.2, 0.25) is 0 Å². The van der Waals surface area contributed by atoms with E-state index in [-0.39, 0.29) is 0 Å². The van der Waals surface area contributed by atoms with Crippen molar-refractivity contribution < 1.29 is 0 Å². The maximum atomic E-state index is 3.64. The van der Waals surface area contributed by atoms with Gasteiger partial charge in [-0.25, -0.2) is 0 Å². The van der Waals surface area contributed by atoms with Crippen molar-refractivity contribution in [3.8, 4) is 0 Å². The molecule has 4 fully saturated rings. The van der Waals surface area contributed by atoms with Crippen molar-refractivity contribution in [3.63, 3.8) is 0 Å². The number of nitrogens with one attached hydrogen (secondary N) is 1. The molecule has 0 amide bonds. The second-order valence-electron chi connectivity index (χ2n) is 7.78. The van der Waals surface area contributed by atoms with E-state index in [0.717, 1.165) is 31.0 Å². The Bertz CT molecular complexity index is 501. The highest BCUT2D eigenvalue weighted by Crippen LogP contribution is 2.58. The molecule has 4 aliphatic carbocycles. The Morgan fingerprint density at radius 3 is 2.30 bits per heavy atom. The summed E-state index contributed by atoms with van der Waals surface area (Å²) in [5.41, 5.74) is 3.50. The molecule has 0 atom stereocenters. The molecule has 1 heterocycles. The zero-order chi connectivity index (χ0) is 13.2. The summed E-state index contributed by atoms with van der Waals surface area (Å²) in [7, 11) is 0. The molecule has 0 radical (unpaired) electrons. The van der Waals surface area contributed by atoms with Gasteiger partial charge in [-0.15, -0.1) is 0 Å². The number of anilines is 1. The van der Waals surface area contributed by atoms with Gasteiger partial charge in [-0.2, -0.15) is 0 Å². The van der Waals surface area contributed by atoms with E-state index >= 15 is 0 Å². The first kappa shape index (κ1) is 11.6. The first-order chi connectivity index (χ1) is 9.82. The van der Waals surface area contributed by atoms with E-state index in [1.807, 2.05) is 0 Å². The molecule has 0 saturated heterocycles. The van der Waals surface area contributed by atoms with Crippen LogP contribution < -0.4 is 10.2 Å². The van der Waals surface area contributed by atoms with E-state index in [0.29, 0.717) is 5.54 Å². The van der Waals surface area contributed by atoms with Crippen LogP contribution in [0.5, 0.6) is 0 Å². The molecule has 5 aliphatic rings. The van der Waals surface area contributed by atoms with Gasteiger partial charge in [0.1, 0.15) is 0 Å². The van der Waals surface area contributed by atoms with Gasteiger partial charge in [0.05, 0.1) is 6.67 Å². The van der Waals surface area contributed by atoms with Crippen LogP contribution in [0.4, 0.5) is 5.69 Å². The van der Waals surface area contributed by atoms with Crippen LogP contribution in [0.1, 0.15) is 44.1 Å². The molecule has 1 aromatic rings. The van der Waals surface area contributed by atoms with E-state index in [4.69, 9.17) is 0 Å². The Balaban J connectivity index is 1.57. The van der Waals surface area contributed by atoms with E-state index in [1.54, 1.807) is 0 Å². The van der Waals surface area contributed by atoms with Crippen molar-refractivity contribution in [2.45, 2.75) is 50.6 Å². The first-order valence-electron chi connectivity index (χ1n) is 8.39. The van der Waals surface area contributed by atoms with Gasteiger partial charge in [-0.05, 0) is 67.9 Å². The number of benzene rings is 1. The highest BCUT2D eigenvalue weighted by molar-refractivity contribution is 5.57. The predicted octanol–water partition coefficient (Wildman–Crippen LogP) is 3.52. The van der Waals surface area contributed by atoms with Gasteiger partial charge in [0.2, 0.25) is 0 Å². The molecular weight excluding hydrogens is 244 g/mol. The number of rotatable bonds is 1. The molecule has 4 saturated carbocycles. The quantitative estimate of drug-likeness (QED) is 0.838. The van der Waals surface area contributed by atoms with Crippen LogP contribution in [-0.2, 0) is 6.54 Å². The number of hydrogen-bond acceptors (Lipinski definition) is 2. The van der Waals surface area contributed by atoms with Crippen LogP contribution in [0, 0.1) is 17.8 Å². The van der Waals surface area contributed by atoms with Crippen LogP contribution >= 0.6 is 0 Å². The minimum Gasteiger partial charge on any atom is -0.353 e. The Morgan fingerprint density at radius 1 is 0.950 bits per heavy atom. The van der Waals surface area contributed by atoms with Crippen molar-refractivity contribution in [1.29, 1.82) is 0 Å². The standard InChI is InChI=1S/C18H24N2/c1-2-4-17-16(3-1)11-19-12-20(17)18-8-13-5-14(9-18)7-15(6-13)10-18/h1-4,13-15,19H,5-12H2. The summed E-state index contributed by atoms with van der Waals surface area (Å²) >= 11 is 0. The van der Waals surface area contributed by atoms with Crippen LogP contribution in [0.3, 0.4) is 0 Å². The Hall–Kier alpha value is -1.02. The zero-order valence-corrected chi connectivity index (χ0v) is 12.1. The van der Waals surface area contributed by atoms with Crippen molar-refractivity contribution in [2.24, 2.45) is 17.8 Å². The lowest BCUT2D eigenvalue weighted by Gasteiger charge is -2.61. The predicted molar refractivity (Wildman–Crippen MR) is 81.5 cm³/mol. The number of nitrogens with zero attached hydrogens (tertiary/aromatic N) is 1. The maximum absolute atomic E-state index is 3.64. The minimum absolute atomic E-state index is 0.484. The maximum Gasteiger partial charge on any atom is 0.0690 e. The fourth-order valence-corrected chi connectivity index (χ4v) is 6.13. The van der Waals surface area contributed by atoms with Crippen molar-refractivity contribution in [1.82, 2.24) is 5.32 Å². The fourth-order valence-electron chi connectivity index (χ4n) is 6.13. The molecule has 0 unspecified atom stereocenters. The summed E-state index contributed by atoms with van der Waals surface area (Å²) in [5, 5.41) is 3.64. The lowest BCUT2D eigenvalue weighted by atomic mass is 9.52. The molecule has 4 bridgehead atoms. The highest BCUT2D eigenvalue weighted by atomic mass is 15.3. The molecule has 2 nitrogen and oxygen atoms in total. The molecule has 1 aromatic carbocycles. The highest BCUT2D eigenvalue weighted by Gasteiger charge is 2.54. The lowest BCUT2D eigenvalue weighted by Crippen LogP contribution is -2.63. The van der Waals surface area contributed by atoms with Crippen molar-refractivity contribution >= 4 is 5.69 Å².